The molecule has 1 heterocycles. The maximum Gasteiger partial charge on any atom is 0.338 e. The van der Waals surface area contributed by atoms with Crippen LogP contribution in [0.5, 0.6) is 5.75 Å². The first kappa shape index (κ1) is 15.3. The largest absolute Gasteiger partial charge is 0.463 e. The van der Waals surface area contributed by atoms with E-state index in [2.05, 4.69) is 6.58 Å². The molecule has 0 amide bonds. The lowest BCUT2D eigenvalue weighted by molar-refractivity contribution is -0.144. The molecule has 0 saturated carbocycles. The fourth-order valence-electron chi connectivity index (χ4n) is 1.66. The van der Waals surface area contributed by atoms with Gasteiger partial charge in [-0.15, -0.1) is 0 Å². The number of carbonyl (C=O) groups excluding carboxylic acids is 2. The zero-order chi connectivity index (χ0) is 15.2. The fourth-order valence-corrected chi connectivity index (χ4v) is 1.66. The van der Waals surface area contributed by atoms with Crippen LogP contribution in [-0.4, -0.2) is 31.3 Å². The summed E-state index contributed by atoms with van der Waals surface area (Å²) in [4.78, 5) is 23.2. The molecular formula is C16H18O5. The number of ether oxygens (including phenoxy) is 3. The highest BCUT2D eigenvalue weighted by molar-refractivity contribution is 5.89. The van der Waals surface area contributed by atoms with Gasteiger partial charge in [-0.25, -0.2) is 4.79 Å². The summed E-state index contributed by atoms with van der Waals surface area (Å²) in [6.07, 6.45) is 0.746. The van der Waals surface area contributed by atoms with Crippen molar-refractivity contribution in [1.29, 1.82) is 0 Å². The molecule has 1 aliphatic rings. The van der Waals surface area contributed by atoms with E-state index in [1.807, 2.05) is 12.1 Å². The monoisotopic (exact) mass is 290 g/mol. The minimum atomic E-state index is -0.476. The molecule has 5 nitrogen and oxygen atoms in total. The third-order valence-corrected chi connectivity index (χ3v) is 2.95. The van der Waals surface area contributed by atoms with Crippen LogP contribution in [0.2, 0.25) is 0 Å². The van der Waals surface area contributed by atoms with Crippen LogP contribution in [0.3, 0.4) is 0 Å². The molecule has 1 saturated heterocycles. The molecule has 0 bridgehead atoms. The molecule has 1 fully saturated rings. The van der Waals surface area contributed by atoms with E-state index in [0.717, 1.165) is 5.56 Å². The first-order valence-corrected chi connectivity index (χ1v) is 6.79. The smallest absolute Gasteiger partial charge is 0.338 e. The van der Waals surface area contributed by atoms with Crippen LogP contribution in [-0.2, 0) is 25.5 Å². The Morgan fingerprint density at radius 1 is 1.38 bits per heavy atom. The van der Waals surface area contributed by atoms with Gasteiger partial charge in [0.05, 0.1) is 6.61 Å². The average molecular weight is 290 g/mol. The minimum absolute atomic E-state index is 0.0674. The zero-order valence-electron chi connectivity index (χ0n) is 12.0. The third-order valence-electron chi connectivity index (χ3n) is 2.95. The molecule has 1 unspecified atom stereocenters. The summed E-state index contributed by atoms with van der Waals surface area (Å²) < 4.78 is 15.3. The third kappa shape index (κ3) is 5.04. The van der Waals surface area contributed by atoms with Crippen LogP contribution in [0.15, 0.2) is 36.4 Å². The quantitative estimate of drug-likeness (QED) is 0.333. The number of benzene rings is 1. The fraction of sp³-hybridized carbons (Fsp3) is 0.375. The van der Waals surface area contributed by atoms with E-state index in [-0.39, 0.29) is 18.5 Å². The summed E-state index contributed by atoms with van der Waals surface area (Å²) >= 11 is 0. The lowest BCUT2D eigenvalue weighted by atomic mass is 10.1. The molecule has 5 heteroatoms. The van der Waals surface area contributed by atoms with E-state index in [1.54, 1.807) is 19.1 Å². The van der Waals surface area contributed by atoms with Crippen molar-refractivity contribution >= 4 is 11.9 Å². The van der Waals surface area contributed by atoms with E-state index >= 15 is 0 Å². The van der Waals surface area contributed by atoms with Gasteiger partial charge in [0, 0.05) is 12.0 Å². The molecule has 0 aromatic heterocycles. The van der Waals surface area contributed by atoms with Gasteiger partial charge in [0.2, 0.25) is 0 Å². The number of para-hydroxylation sites is 1. The van der Waals surface area contributed by atoms with Crippen LogP contribution in [0, 0.1) is 0 Å². The Balaban J connectivity index is 1.87. The van der Waals surface area contributed by atoms with Crippen molar-refractivity contribution in [2.75, 3.05) is 13.2 Å². The Morgan fingerprint density at radius 3 is 2.76 bits per heavy atom. The summed E-state index contributed by atoms with van der Waals surface area (Å²) in [6.45, 7) is 6.10. The normalized spacial score (nSPS) is 16.1. The highest BCUT2D eigenvalue weighted by atomic mass is 16.6. The van der Waals surface area contributed by atoms with Gasteiger partial charge in [-0.2, -0.15) is 0 Å². The van der Waals surface area contributed by atoms with Crippen LogP contribution in [0.4, 0.5) is 0 Å². The first-order valence-electron chi connectivity index (χ1n) is 6.79. The highest BCUT2D eigenvalue weighted by Crippen LogP contribution is 2.21. The topological polar surface area (TPSA) is 65.1 Å². The predicted octanol–water partition coefficient (Wildman–Crippen LogP) is 2.04. The summed E-state index contributed by atoms with van der Waals surface area (Å²) in [7, 11) is 0. The van der Waals surface area contributed by atoms with Crippen LogP contribution < -0.4 is 4.74 Å². The minimum Gasteiger partial charge on any atom is -0.463 e. The number of hydrogen-bond acceptors (Lipinski definition) is 5. The van der Waals surface area contributed by atoms with Crippen molar-refractivity contribution in [2.45, 2.75) is 25.9 Å². The predicted molar refractivity (Wildman–Crippen MR) is 75.9 cm³/mol. The number of esters is 2. The molecule has 2 rings (SSSR count). The molecule has 0 aliphatic carbocycles. The van der Waals surface area contributed by atoms with E-state index in [4.69, 9.17) is 14.2 Å². The molecule has 0 spiro atoms. The van der Waals surface area contributed by atoms with Gasteiger partial charge in [0.15, 0.2) is 0 Å². The van der Waals surface area contributed by atoms with Crippen molar-refractivity contribution in [2.24, 2.45) is 0 Å². The van der Waals surface area contributed by atoms with Gasteiger partial charge in [-0.1, -0.05) is 24.8 Å². The maximum atomic E-state index is 11.6. The highest BCUT2D eigenvalue weighted by Gasteiger charge is 2.24. The van der Waals surface area contributed by atoms with E-state index in [9.17, 15) is 9.59 Å². The van der Waals surface area contributed by atoms with Gasteiger partial charge in [0.1, 0.15) is 18.5 Å². The van der Waals surface area contributed by atoms with Gasteiger partial charge in [-0.05, 0) is 25.0 Å². The number of hydrogen-bond donors (Lipinski definition) is 0. The van der Waals surface area contributed by atoms with Crippen LogP contribution >= 0.6 is 0 Å². The van der Waals surface area contributed by atoms with Crippen LogP contribution in [0.25, 0.3) is 0 Å². The molecule has 0 N–H and O–H groups in total. The summed E-state index contributed by atoms with van der Waals surface area (Å²) in [5.41, 5.74) is 1.11. The Bertz CT molecular complexity index is 545. The van der Waals surface area contributed by atoms with Crippen molar-refractivity contribution < 1.29 is 23.8 Å². The standard InChI is InChI=1S/C16H18O5/c1-11(2)16(18)21-14-6-4-3-5-12(14)7-8-15(17)20-10-13-9-19-13/h3-6,13H,1,7-10H2,2H3. The summed E-state index contributed by atoms with van der Waals surface area (Å²) in [6, 6.07) is 7.11. The average Bonchev–Trinajstić information content (AvgIpc) is 3.28. The number of epoxide rings is 1. The van der Waals surface area contributed by atoms with Gasteiger partial charge in [-0.3, -0.25) is 4.79 Å². The lowest BCUT2D eigenvalue weighted by Crippen LogP contribution is -2.12. The molecule has 1 aromatic rings. The summed E-state index contributed by atoms with van der Waals surface area (Å²) in [5, 5.41) is 0. The Morgan fingerprint density at radius 2 is 2.10 bits per heavy atom. The number of rotatable bonds is 7. The first-order chi connectivity index (χ1) is 10.1. The summed E-state index contributed by atoms with van der Waals surface area (Å²) in [5.74, 6) is -0.314. The second-order valence-electron chi connectivity index (χ2n) is 4.92. The number of aryl methyl sites for hydroxylation is 1. The molecule has 1 atom stereocenters. The molecule has 1 aromatic carbocycles. The molecule has 21 heavy (non-hydrogen) atoms. The van der Waals surface area contributed by atoms with Gasteiger partial charge >= 0.3 is 11.9 Å². The SMILES string of the molecule is C=C(C)C(=O)Oc1ccccc1CCC(=O)OCC1CO1. The molecule has 1 aliphatic heterocycles. The van der Waals surface area contributed by atoms with Crippen LogP contribution in [0.1, 0.15) is 18.9 Å². The van der Waals surface area contributed by atoms with Gasteiger partial charge in [0.25, 0.3) is 0 Å². The second-order valence-corrected chi connectivity index (χ2v) is 4.92. The lowest BCUT2D eigenvalue weighted by Gasteiger charge is -2.09. The van der Waals surface area contributed by atoms with E-state index in [0.29, 0.717) is 31.0 Å². The van der Waals surface area contributed by atoms with Crippen molar-refractivity contribution in [3.8, 4) is 5.75 Å². The van der Waals surface area contributed by atoms with Crippen molar-refractivity contribution in [3.63, 3.8) is 0 Å². The van der Waals surface area contributed by atoms with E-state index < -0.39 is 5.97 Å². The van der Waals surface area contributed by atoms with Crippen molar-refractivity contribution in [3.05, 3.63) is 42.0 Å². The molecular weight excluding hydrogens is 272 g/mol. The van der Waals surface area contributed by atoms with E-state index in [1.165, 1.54) is 0 Å². The Hall–Kier alpha value is -2.14. The number of carbonyl (C=O) groups is 2. The maximum absolute atomic E-state index is 11.6. The molecule has 0 radical (unpaired) electrons. The zero-order valence-corrected chi connectivity index (χ0v) is 12.0. The van der Waals surface area contributed by atoms with Gasteiger partial charge < -0.3 is 14.2 Å². The molecule has 112 valence electrons. The Labute approximate surface area is 123 Å². The Kier molecular flexibility index (Phi) is 5.11. The second kappa shape index (κ2) is 7.04. The van der Waals surface area contributed by atoms with Crippen molar-refractivity contribution in [1.82, 2.24) is 0 Å².